The molecule has 0 aliphatic rings. The molecule has 5 nitrogen and oxygen atoms in total. The normalized spacial score (nSPS) is 9.73. The van der Waals surface area contributed by atoms with E-state index in [1.807, 2.05) is 0 Å². The maximum atomic E-state index is 10.8. The van der Waals surface area contributed by atoms with Gasteiger partial charge >= 0.3 is 0 Å². The zero-order chi connectivity index (χ0) is 8.85. The third-order valence-corrected chi connectivity index (χ3v) is 1.11. The molecule has 5 heteroatoms. The molecule has 2 amide bonds. The van der Waals surface area contributed by atoms with Gasteiger partial charge in [0, 0.05) is 6.54 Å². The zero-order valence-corrected chi connectivity index (χ0v) is 6.26. The van der Waals surface area contributed by atoms with Gasteiger partial charge in [-0.05, 0) is 6.92 Å². The molecule has 0 heterocycles. The highest BCUT2D eigenvalue weighted by atomic mass is 16.3. The molecular formula is C6H11N2O3. The summed E-state index contributed by atoms with van der Waals surface area (Å²) < 4.78 is 0. The smallest absolute Gasteiger partial charge is 0.237 e. The summed E-state index contributed by atoms with van der Waals surface area (Å²) in [7, 11) is 0. The van der Waals surface area contributed by atoms with Crippen LogP contribution in [0.2, 0.25) is 0 Å². The Kier molecular flexibility index (Phi) is 4.21. The van der Waals surface area contributed by atoms with Crippen LogP contribution in [0, 0.1) is 5.92 Å². The Labute approximate surface area is 64.6 Å². The van der Waals surface area contributed by atoms with Gasteiger partial charge in [-0.3, -0.25) is 9.59 Å². The first-order valence-corrected chi connectivity index (χ1v) is 3.12. The standard InChI is InChI=1S/C6H11N2O3/c1-4(5(7)10)6(11)8-2-3-9/h9H,2-3H2,1H3,(H2,7,10)(H,8,11). The number of amides is 2. The van der Waals surface area contributed by atoms with Crippen LogP contribution < -0.4 is 11.1 Å². The van der Waals surface area contributed by atoms with Crippen LogP contribution in [-0.2, 0) is 9.59 Å². The maximum absolute atomic E-state index is 10.8. The van der Waals surface area contributed by atoms with Crippen LogP contribution in [-0.4, -0.2) is 30.1 Å². The Hall–Kier alpha value is -1.10. The van der Waals surface area contributed by atoms with Gasteiger partial charge in [0.05, 0.1) is 6.61 Å². The number of hydrogen-bond acceptors (Lipinski definition) is 3. The summed E-state index contributed by atoms with van der Waals surface area (Å²) >= 11 is 0. The molecule has 4 N–H and O–H groups in total. The number of nitrogens with two attached hydrogens (primary N) is 1. The Morgan fingerprint density at radius 2 is 2.09 bits per heavy atom. The number of rotatable bonds is 4. The Balaban J connectivity index is 3.74. The molecule has 0 aromatic carbocycles. The number of primary amides is 1. The fraction of sp³-hybridized carbons (Fsp3) is 0.500. The largest absolute Gasteiger partial charge is 0.395 e. The lowest BCUT2D eigenvalue weighted by Gasteiger charge is -2.05. The number of carbonyl (C=O) groups excluding carboxylic acids is 2. The van der Waals surface area contributed by atoms with E-state index in [2.05, 4.69) is 5.32 Å². The molecule has 0 aromatic rings. The Morgan fingerprint density at radius 3 is 2.45 bits per heavy atom. The van der Waals surface area contributed by atoms with E-state index in [1.165, 1.54) is 6.92 Å². The monoisotopic (exact) mass is 159 g/mol. The molecule has 63 valence electrons. The van der Waals surface area contributed by atoms with Crippen LogP contribution in [0.3, 0.4) is 0 Å². The van der Waals surface area contributed by atoms with Crippen LogP contribution in [0.5, 0.6) is 0 Å². The number of hydrogen-bond donors (Lipinski definition) is 3. The van der Waals surface area contributed by atoms with Gasteiger partial charge in [0.15, 0.2) is 0 Å². The maximum Gasteiger partial charge on any atom is 0.237 e. The van der Waals surface area contributed by atoms with Gasteiger partial charge in [-0.1, -0.05) is 0 Å². The van der Waals surface area contributed by atoms with Crippen molar-refractivity contribution in [3.63, 3.8) is 0 Å². The summed E-state index contributed by atoms with van der Waals surface area (Å²) in [5.41, 5.74) is 4.81. The summed E-state index contributed by atoms with van der Waals surface area (Å²) in [4.78, 5) is 21.1. The predicted octanol–water partition coefficient (Wildman–Crippen LogP) is -1.83. The summed E-state index contributed by atoms with van der Waals surface area (Å²) in [6.07, 6.45) is 0. The average molecular weight is 159 g/mol. The van der Waals surface area contributed by atoms with E-state index >= 15 is 0 Å². The van der Waals surface area contributed by atoms with Crippen molar-refractivity contribution in [1.29, 1.82) is 0 Å². The van der Waals surface area contributed by atoms with E-state index in [9.17, 15) is 9.59 Å². The Morgan fingerprint density at radius 1 is 1.55 bits per heavy atom. The lowest BCUT2D eigenvalue weighted by atomic mass is 10.1. The second-order valence-electron chi connectivity index (χ2n) is 1.97. The predicted molar refractivity (Wildman–Crippen MR) is 38.2 cm³/mol. The molecule has 0 aliphatic carbocycles. The second-order valence-corrected chi connectivity index (χ2v) is 1.97. The van der Waals surface area contributed by atoms with Crippen molar-refractivity contribution in [3.05, 3.63) is 5.92 Å². The third kappa shape index (κ3) is 3.57. The van der Waals surface area contributed by atoms with E-state index in [0.29, 0.717) is 0 Å². The highest BCUT2D eigenvalue weighted by molar-refractivity contribution is 6.13. The minimum atomic E-state index is -0.750. The van der Waals surface area contributed by atoms with Gasteiger partial charge in [-0.2, -0.15) is 0 Å². The van der Waals surface area contributed by atoms with Crippen molar-refractivity contribution in [2.45, 2.75) is 6.92 Å². The fourth-order valence-electron chi connectivity index (χ4n) is 0.414. The van der Waals surface area contributed by atoms with E-state index in [0.717, 1.165) is 0 Å². The van der Waals surface area contributed by atoms with Gasteiger partial charge in [-0.25, -0.2) is 0 Å². The molecule has 1 radical (unpaired) electrons. The molecule has 0 saturated carbocycles. The topological polar surface area (TPSA) is 92.4 Å². The lowest BCUT2D eigenvalue weighted by molar-refractivity contribution is -0.125. The van der Waals surface area contributed by atoms with Gasteiger partial charge in [0.25, 0.3) is 0 Å². The summed E-state index contributed by atoms with van der Waals surface area (Å²) in [6.45, 7) is 1.30. The lowest BCUT2D eigenvalue weighted by Crippen LogP contribution is -2.36. The molecule has 0 fully saturated rings. The summed E-state index contributed by atoms with van der Waals surface area (Å²) in [5, 5.41) is 10.6. The Bertz CT molecular complexity index is 158. The van der Waals surface area contributed by atoms with Crippen LogP contribution in [0.15, 0.2) is 0 Å². The number of aliphatic hydroxyl groups is 1. The van der Waals surface area contributed by atoms with Crippen molar-refractivity contribution < 1.29 is 14.7 Å². The van der Waals surface area contributed by atoms with Crippen LogP contribution in [0.4, 0.5) is 0 Å². The number of aliphatic hydroxyl groups excluding tert-OH is 1. The van der Waals surface area contributed by atoms with Crippen LogP contribution >= 0.6 is 0 Å². The summed E-state index contributed by atoms with van der Waals surface area (Å²) in [6, 6.07) is 0. The summed E-state index contributed by atoms with van der Waals surface area (Å²) in [5.74, 6) is -1.34. The molecule has 0 bridgehead atoms. The van der Waals surface area contributed by atoms with Crippen molar-refractivity contribution >= 4 is 11.8 Å². The van der Waals surface area contributed by atoms with Crippen LogP contribution in [0.25, 0.3) is 0 Å². The van der Waals surface area contributed by atoms with E-state index < -0.39 is 11.8 Å². The molecule has 11 heavy (non-hydrogen) atoms. The van der Waals surface area contributed by atoms with Crippen LogP contribution in [0.1, 0.15) is 6.92 Å². The SMILES string of the molecule is C[C](C(N)=O)C(=O)NCCO. The first-order valence-electron chi connectivity index (χ1n) is 3.12. The molecule has 0 unspecified atom stereocenters. The second kappa shape index (κ2) is 4.68. The number of carbonyl (C=O) groups is 2. The van der Waals surface area contributed by atoms with Gasteiger partial charge in [-0.15, -0.1) is 0 Å². The molecule has 0 atom stereocenters. The van der Waals surface area contributed by atoms with Crippen molar-refractivity contribution in [1.82, 2.24) is 5.32 Å². The molecule has 0 saturated heterocycles. The average Bonchev–Trinajstić information content (AvgIpc) is 1.98. The van der Waals surface area contributed by atoms with E-state index in [4.69, 9.17) is 10.8 Å². The van der Waals surface area contributed by atoms with E-state index in [1.54, 1.807) is 0 Å². The van der Waals surface area contributed by atoms with Gasteiger partial charge in [0.1, 0.15) is 5.92 Å². The van der Waals surface area contributed by atoms with Crippen molar-refractivity contribution in [3.8, 4) is 0 Å². The number of nitrogens with one attached hydrogen (secondary N) is 1. The van der Waals surface area contributed by atoms with Gasteiger partial charge < -0.3 is 16.2 Å². The minimum Gasteiger partial charge on any atom is -0.395 e. The molecular weight excluding hydrogens is 148 g/mol. The van der Waals surface area contributed by atoms with Crippen molar-refractivity contribution in [2.24, 2.45) is 5.73 Å². The van der Waals surface area contributed by atoms with E-state index in [-0.39, 0.29) is 19.1 Å². The minimum absolute atomic E-state index is 0.0570. The highest BCUT2D eigenvalue weighted by Gasteiger charge is 2.18. The molecule has 0 aliphatic heterocycles. The first-order chi connectivity index (χ1) is 5.09. The molecule has 0 rings (SSSR count). The zero-order valence-electron chi connectivity index (χ0n) is 6.26. The molecule has 0 aromatic heterocycles. The highest BCUT2D eigenvalue weighted by Crippen LogP contribution is 1.94. The van der Waals surface area contributed by atoms with Gasteiger partial charge in [0.2, 0.25) is 11.8 Å². The quantitative estimate of drug-likeness (QED) is 0.421. The molecule has 0 spiro atoms. The van der Waals surface area contributed by atoms with Crippen molar-refractivity contribution in [2.75, 3.05) is 13.2 Å². The third-order valence-electron chi connectivity index (χ3n) is 1.11. The fourth-order valence-corrected chi connectivity index (χ4v) is 0.414. The first kappa shape index (κ1) is 9.90.